The van der Waals surface area contributed by atoms with Gasteiger partial charge in [0, 0.05) is 103 Å². The SMILES string of the molecule is CCOC(=O)C(C)(C)CC(=O)CSC(C)(C)C.CCOC(=O)C(C)(C)Cc1c(SC(C)(C)C)c2cc(O)ccc2n1Cc1ccc(Br)cc1.CCOC(=O)C(C)(C)Cc1c(SC(C)(C)C)c2cc(OC)ccc2n1Cc1ccc(Br)cc1.COc1ccc(N(N)Cc2ccc(Br)cc2)cc1. The Hall–Kier alpha value is -5.87. The first-order valence-corrected chi connectivity index (χ1v) is 38.6. The van der Waals surface area contributed by atoms with Crippen LogP contribution in [-0.2, 0) is 65.9 Å². The summed E-state index contributed by atoms with van der Waals surface area (Å²) in [6, 6.07) is 44.3. The Balaban J connectivity index is 0.000000251. The van der Waals surface area contributed by atoms with E-state index in [1.54, 1.807) is 69.6 Å². The van der Waals surface area contributed by atoms with Crippen molar-refractivity contribution in [2.75, 3.05) is 44.8 Å². The summed E-state index contributed by atoms with van der Waals surface area (Å²) in [5.74, 6) is 7.82. The fourth-order valence-corrected chi connectivity index (χ4v) is 14.3. The minimum atomic E-state index is -0.717. The van der Waals surface area contributed by atoms with Crippen LogP contribution in [0.5, 0.6) is 17.2 Å². The summed E-state index contributed by atoms with van der Waals surface area (Å²) in [5, 5.41) is 14.1. The number of ether oxygens (including phenoxy) is 5. The zero-order valence-electron chi connectivity index (χ0n) is 62.2. The number of esters is 3. The molecule has 0 aliphatic rings. The number of Topliss-reactive ketones (excluding diaryl/α,β-unsaturated/α-hetero) is 1. The Bertz CT molecular complexity index is 3980. The molecule has 20 heteroatoms. The summed E-state index contributed by atoms with van der Waals surface area (Å²) in [6.45, 7) is 39.3. The zero-order valence-corrected chi connectivity index (χ0v) is 69.4. The average Bonchev–Trinajstić information content (AvgIpc) is 1.61. The predicted molar refractivity (Wildman–Crippen MR) is 428 cm³/mol. The van der Waals surface area contributed by atoms with E-state index in [0.29, 0.717) is 51.5 Å². The maximum absolute atomic E-state index is 12.8. The number of aromatic hydroxyl groups is 1. The van der Waals surface area contributed by atoms with Gasteiger partial charge < -0.3 is 42.9 Å². The van der Waals surface area contributed by atoms with Crippen molar-refractivity contribution in [3.63, 3.8) is 0 Å². The summed E-state index contributed by atoms with van der Waals surface area (Å²) in [6.07, 6.45) is 1.36. The van der Waals surface area contributed by atoms with E-state index in [-0.39, 0.29) is 50.1 Å². The van der Waals surface area contributed by atoms with Crippen LogP contribution in [0.25, 0.3) is 21.8 Å². The summed E-state index contributed by atoms with van der Waals surface area (Å²) in [7, 11) is 3.35. The summed E-state index contributed by atoms with van der Waals surface area (Å²) in [4.78, 5) is 51.3. The first-order chi connectivity index (χ1) is 46.6. The molecule has 0 spiro atoms. The number of methoxy groups -OCH3 is 2. The fraction of sp³-hybridized carbons (Fsp3) is 0.450. The molecule has 0 saturated heterocycles. The van der Waals surface area contributed by atoms with E-state index < -0.39 is 16.2 Å². The summed E-state index contributed by atoms with van der Waals surface area (Å²) < 4.78 is 34.3. The number of aromatic nitrogens is 2. The monoisotopic (exact) mass is 1610 g/mol. The Morgan fingerprint density at radius 2 is 0.850 bits per heavy atom. The van der Waals surface area contributed by atoms with Crippen molar-refractivity contribution in [3.05, 3.63) is 175 Å². The van der Waals surface area contributed by atoms with E-state index in [0.717, 1.165) is 80.8 Å². The molecule has 0 aliphatic heterocycles. The topological polar surface area (TPSA) is 174 Å². The number of nitrogens with two attached hydrogens (primary N) is 1. The van der Waals surface area contributed by atoms with Crippen molar-refractivity contribution >= 4 is 134 Å². The first-order valence-electron chi connectivity index (χ1n) is 33.6. The average molecular weight is 1620 g/mol. The highest BCUT2D eigenvalue weighted by Crippen LogP contribution is 2.46. The lowest BCUT2D eigenvalue weighted by Crippen LogP contribution is -2.30. The number of carbonyl (C=O) groups is 4. The molecule has 0 aliphatic carbocycles. The Morgan fingerprint density at radius 1 is 0.480 bits per heavy atom. The number of thioether (sulfide) groups is 3. The molecule has 100 heavy (non-hydrogen) atoms. The van der Waals surface area contributed by atoms with Gasteiger partial charge in [-0.05, 0) is 176 Å². The van der Waals surface area contributed by atoms with Gasteiger partial charge >= 0.3 is 17.9 Å². The number of benzene rings is 6. The lowest BCUT2D eigenvalue weighted by atomic mass is 9.87. The van der Waals surface area contributed by atoms with Crippen molar-refractivity contribution in [1.29, 1.82) is 0 Å². The summed E-state index contributed by atoms with van der Waals surface area (Å²) >= 11 is 15.7. The molecule has 3 N–H and O–H groups in total. The number of hydrogen-bond acceptors (Lipinski definition) is 15. The van der Waals surface area contributed by atoms with Crippen molar-refractivity contribution in [1.82, 2.24) is 9.13 Å². The number of hydrazine groups is 1. The molecule has 8 aromatic rings. The molecular weight excluding hydrogens is 1510 g/mol. The van der Waals surface area contributed by atoms with Crippen molar-refractivity contribution in [2.24, 2.45) is 22.1 Å². The molecule has 2 heterocycles. The lowest BCUT2D eigenvalue weighted by molar-refractivity contribution is -0.155. The molecule has 6 aromatic carbocycles. The third kappa shape index (κ3) is 26.4. The molecule has 0 fully saturated rings. The smallest absolute Gasteiger partial charge is 0.311 e. The van der Waals surface area contributed by atoms with E-state index >= 15 is 0 Å². The van der Waals surface area contributed by atoms with Crippen LogP contribution in [0.2, 0.25) is 0 Å². The molecule has 0 bridgehead atoms. The van der Waals surface area contributed by atoms with Crippen molar-refractivity contribution < 1.29 is 48.0 Å². The maximum Gasteiger partial charge on any atom is 0.311 e. The van der Waals surface area contributed by atoms with Gasteiger partial charge in [-0.2, -0.15) is 0 Å². The Kier molecular flexibility index (Phi) is 31.8. The van der Waals surface area contributed by atoms with Gasteiger partial charge in [-0.25, -0.2) is 5.84 Å². The van der Waals surface area contributed by atoms with Crippen molar-refractivity contribution in [2.45, 2.75) is 188 Å². The maximum atomic E-state index is 12.8. The van der Waals surface area contributed by atoms with E-state index in [2.05, 4.69) is 168 Å². The van der Waals surface area contributed by atoms with Crippen LogP contribution in [0.4, 0.5) is 5.69 Å². The van der Waals surface area contributed by atoms with Crippen LogP contribution in [-0.4, -0.2) is 92.0 Å². The van der Waals surface area contributed by atoms with E-state index in [9.17, 15) is 24.3 Å². The van der Waals surface area contributed by atoms with E-state index in [4.69, 9.17) is 29.5 Å². The van der Waals surface area contributed by atoms with Crippen LogP contribution in [0.3, 0.4) is 0 Å². The van der Waals surface area contributed by atoms with Gasteiger partial charge in [-0.3, -0.25) is 19.2 Å². The number of carbonyl (C=O) groups excluding carboxylic acids is 4. The number of nitrogens with zero attached hydrogens (tertiary/aromatic N) is 3. The highest BCUT2D eigenvalue weighted by atomic mass is 79.9. The fourth-order valence-electron chi connectivity index (χ4n) is 10.5. The third-order valence-electron chi connectivity index (χ3n) is 15.4. The second-order valence-electron chi connectivity index (χ2n) is 29.2. The van der Waals surface area contributed by atoms with Crippen LogP contribution >= 0.6 is 83.1 Å². The predicted octanol–water partition coefficient (Wildman–Crippen LogP) is 21.1. The molecule has 0 atom stereocenters. The number of halogens is 3. The van der Waals surface area contributed by atoms with E-state index in [1.807, 2.05) is 132 Å². The number of fused-ring (bicyclic) bond motifs is 2. The normalized spacial score (nSPS) is 11.9. The molecule has 0 amide bonds. The highest BCUT2D eigenvalue weighted by molar-refractivity contribution is 9.11. The molecule has 0 unspecified atom stereocenters. The molecule has 544 valence electrons. The van der Waals surface area contributed by atoms with Gasteiger partial charge in [0.15, 0.2) is 0 Å². The molecule has 2 aromatic heterocycles. The van der Waals surface area contributed by atoms with Crippen LogP contribution in [0.1, 0.15) is 159 Å². The van der Waals surface area contributed by atoms with Gasteiger partial charge in [-0.15, -0.1) is 35.3 Å². The number of ketones is 1. The number of phenols is 1. The number of hydrogen-bond donors (Lipinski definition) is 2. The Labute approximate surface area is 633 Å². The minimum Gasteiger partial charge on any atom is -0.508 e. The second kappa shape index (κ2) is 37.5. The standard InChI is InChI=1S/C27H34BrNO3S.C26H32BrNO3S.C14H15BrN2O.C13H24O3S/c1-8-32-25(30)27(5,6)16-23-24(33-26(2,3)4)21-15-20(31-7)13-14-22(21)29(23)17-18-9-11-19(28)12-10-18;1-7-31-24(30)26(5,6)15-22-23(32-25(2,3)4)20-14-19(29)12-13-21(20)28(22)16-17-8-10-18(27)11-9-17;1-18-14-8-6-13(7-9-14)17(16)10-11-2-4-12(15)5-3-11;1-7-16-11(15)13(5,6)8-10(14)9-17-12(2,3)4/h9-15H,8,16-17H2,1-7H3;8-14,29H,7,15-16H2,1-6H3;2-9H,10,16H2,1H3;7-9H2,1-6H3. The van der Waals surface area contributed by atoms with Gasteiger partial charge in [-0.1, -0.05) is 147 Å². The number of phenolic OH excluding ortho intramolecular Hbond substituents is 1. The molecule has 14 nitrogen and oxygen atoms in total. The van der Waals surface area contributed by atoms with Gasteiger partial charge in [0.25, 0.3) is 0 Å². The minimum absolute atomic E-state index is 0.00260. The molecular formula is C80H105Br3N4O10S3. The second-order valence-corrected chi connectivity index (χ2v) is 37.4. The van der Waals surface area contributed by atoms with E-state index in [1.165, 1.54) is 16.0 Å². The largest absolute Gasteiger partial charge is 0.508 e. The number of rotatable bonds is 25. The molecule has 0 radical (unpaired) electrons. The highest BCUT2D eigenvalue weighted by Gasteiger charge is 2.37. The number of anilines is 1. The van der Waals surface area contributed by atoms with Crippen LogP contribution < -0.4 is 20.3 Å². The zero-order chi connectivity index (χ0) is 74.7. The van der Waals surface area contributed by atoms with Gasteiger partial charge in [0.1, 0.15) is 23.0 Å². The summed E-state index contributed by atoms with van der Waals surface area (Å²) in [5.41, 5.74) is 6.86. The van der Waals surface area contributed by atoms with Crippen LogP contribution in [0.15, 0.2) is 157 Å². The quantitative estimate of drug-likeness (QED) is 0.0182. The van der Waals surface area contributed by atoms with Crippen LogP contribution in [0, 0.1) is 16.2 Å². The molecule has 8 rings (SSSR count). The Morgan fingerprint density at radius 3 is 1.23 bits per heavy atom. The third-order valence-corrected chi connectivity index (χ3v) is 20.9. The molecule has 0 saturated carbocycles. The van der Waals surface area contributed by atoms with Gasteiger partial charge in [0.2, 0.25) is 0 Å². The first kappa shape index (κ1) is 84.8. The lowest BCUT2D eigenvalue weighted by Gasteiger charge is -2.26. The van der Waals surface area contributed by atoms with Gasteiger partial charge in [0.05, 0.1) is 68.3 Å². The van der Waals surface area contributed by atoms with Crippen molar-refractivity contribution in [3.8, 4) is 17.2 Å².